The van der Waals surface area contributed by atoms with Gasteiger partial charge < -0.3 is 4.57 Å². The van der Waals surface area contributed by atoms with Gasteiger partial charge in [0.1, 0.15) is 5.82 Å². The summed E-state index contributed by atoms with van der Waals surface area (Å²) in [6.07, 6.45) is 6.71. The molecule has 0 saturated heterocycles. The largest absolute Gasteiger partial charge is 0.335 e. The molecule has 1 unspecified atom stereocenters. The van der Waals surface area contributed by atoms with Crippen LogP contribution in [0.25, 0.3) is 0 Å². The first kappa shape index (κ1) is 15.2. The topological polar surface area (TPSA) is 55.9 Å². The molecule has 0 aliphatic rings. The van der Waals surface area contributed by atoms with E-state index in [1.54, 1.807) is 0 Å². The SMILES string of the molecule is CCCn1ccnc1CC(Cc1cccc(Br)c1)NN. The van der Waals surface area contributed by atoms with Crippen LogP contribution in [0.2, 0.25) is 0 Å². The zero-order valence-electron chi connectivity index (χ0n) is 11.7. The summed E-state index contributed by atoms with van der Waals surface area (Å²) in [5, 5.41) is 0. The highest BCUT2D eigenvalue weighted by atomic mass is 79.9. The number of rotatable bonds is 7. The monoisotopic (exact) mass is 336 g/mol. The van der Waals surface area contributed by atoms with Crippen LogP contribution in [0.3, 0.4) is 0 Å². The van der Waals surface area contributed by atoms with E-state index < -0.39 is 0 Å². The second-order valence-electron chi connectivity index (χ2n) is 4.94. The van der Waals surface area contributed by atoms with Crippen molar-refractivity contribution in [3.63, 3.8) is 0 Å². The van der Waals surface area contributed by atoms with Crippen LogP contribution in [0.1, 0.15) is 24.7 Å². The molecule has 1 aromatic carbocycles. The Morgan fingerprint density at radius 3 is 2.95 bits per heavy atom. The fourth-order valence-electron chi connectivity index (χ4n) is 2.33. The van der Waals surface area contributed by atoms with Gasteiger partial charge in [-0.2, -0.15) is 0 Å². The quantitative estimate of drug-likeness (QED) is 0.603. The van der Waals surface area contributed by atoms with Crippen molar-refractivity contribution in [2.75, 3.05) is 0 Å². The molecule has 2 aromatic rings. The normalized spacial score (nSPS) is 12.6. The molecule has 108 valence electrons. The highest BCUT2D eigenvalue weighted by molar-refractivity contribution is 9.10. The van der Waals surface area contributed by atoms with Crippen LogP contribution >= 0.6 is 15.9 Å². The molecule has 5 heteroatoms. The molecule has 1 aromatic heterocycles. The fraction of sp³-hybridized carbons (Fsp3) is 0.400. The number of halogens is 1. The van der Waals surface area contributed by atoms with Gasteiger partial charge in [0.15, 0.2) is 0 Å². The minimum atomic E-state index is 0.183. The first-order valence-electron chi connectivity index (χ1n) is 6.93. The third kappa shape index (κ3) is 4.16. The van der Waals surface area contributed by atoms with E-state index in [2.05, 4.69) is 50.0 Å². The van der Waals surface area contributed by atoms with Crippen molar-refractivity contribution >= 4 is 15.9 Å². The number of imidazole rings is 1. The van der Waals surface area contributed by atoms with Crippen molar-refractivity contribution in [2.45, 2.75) is 38.8 Å². The molecular weight excluding hydrogens is 316 g/mol. The smallest absolute Gasteiger partial charge is 0.110 e. The lowest BCUT2D eigenvalue weighted by atomic mass is 10.0. The van der Waals surface area contributed by atoms with Gasteiger partial charge in [0.25, 0.3) is 0 Å². The van der Waals surface area contributed by atoms with Crippen molar-refractivity contribution in [2.24, 2.45) is 5.84 Å². The molecule has 3 N–H and O–H groups in total. The molecule has 1 atom stereocenters. The van der Waals surface area contributed by atoms with Crippen LogP contribution in [0, 0.1) is 0 Å². The van der Waals surface area contributed by atoms with E-state index in [0.29, 0.717) is 0 Å². The molecule has 20 heavy (non-hydrogen) atoms. The van der Waals surface area contributed by atoms with E-state index in [9.17, 15) is 0 Å². The molecule has 0 amide bonds. The first-order chi connectivity index (χ1) is 9.72. The summed E-state index contributed by atoms with van der Waals surface area (Å²) < 4.78 is 3.30. The van der Waals surface area contributed by atoms with Gasteiger partial charge in [-0.25, -0.2) is 4.98 Å². The summed E-state index contributed by atoms with van der Waals surface area (Å²) in [6, 6.07) is 8.51. The average Bonchev–Trinajstić information content (AvgIpc) is 2.86. The molecule has 0 fully saturated rings. The molecule has 0 aliphatic carbocycles. The lowest BCUT2D eigenvalue weighted by Gasteiger charge is -2.16. The molecule has 0 spiro atoms. The number of aryl methyl sites for hydroxylation is 1. The van der Waals surface area contributed by atoms with Gasteiger partial charge in [0.2, 0.25) is 0 Å². The Morgan fingerprint density at radius 1 is 1.40 bits per heavy atom. The standard InChI is InChI=1S/C15H21BrN4/c1-2-7-20-8-6-18-15(20)11-14(19-17)10-12-4-3-5-13(16)9-12/h3-6,8-9,14,19H,2,7,10-11,17H2,1H3. The second-order valence-corrected chi connectivity index (χ2v) is 5.85. The Hall–Kier alpha value is -1.17. The Bertz CT molecular complexity index is 538. The minimum absolute atomic E-state index is 0.183. The van der Waals surface area contributed by atoms with Gasteiger partial charge >= 0.3 is 0 Å². The number of nitrogens with two attached hydrogens (primary N) is 1. The Labute approximate surface area is 128 Å². The summed E-state index contributed by atoms with van der Waals surface area (Å²) in [5.41, 5.74) is 4.17. The zero-order valence-corrected chi connectivity index (χ0v) is 13.3. The zero-order chi connectivity index (χ0) is 14.4. The van der Waals surface area contributed by atoms with Crippen LogP contribution in [-0.4, -0.2) is 15.6 Å². The number of nitrogens with one attached hydrogen (secondary N) is 1. The van der Waals surface area contributed by atoms with E-state index in [1.165, 1.54) is 5.56 Å². The van der Waals surface area contributed by atoms with Crippen molar-refractivity contribution in [1.82, 2.24) is 15.0 Å². The van der Waals surface area contributed by atoms with E-state index in [1.807, 2.05) is 24.5 Å². The number of nitrogens with zero attached hydrogens (tertiary/aromatic N) is 2. The van der Waals surface area contributed by atoms with E-state index in [-0.39, 0.29) is 6.04 Å². The number of hydrogen-bond acceptors (Lipinski definition) is 3. The summed E-state index contributed by atoms with van der Waals surface area (Å²) in [6.45, 7) is 3.17. The fourth-order valence-corrected chi connectivity index (χ4v) is 2.78. The predicted octanol–water partition coefficient (Wildman–Crippen LogP) is 2.67. The summed E-state index contributed by atoms with van der Waals surface area (Å²) >= 11 is 3.50. The van der Waals surface area contributed by atoms with Gasteiger partial charge in [-0.15, -0.1) is 0 Å². The number of hydrazine groups is 1. The van der Waals surface area contributed by atoms with Gasteiger partial charge in [-0.3, -0.25) is 11.3 Å². The van der Waals surface area contributed by atoms with Gasteiger partial charge in [-0.1, -0.05) is 35.0 Å². The molecule has 0 aliphatic heterocycles. The molecule has 0 bridgehead atoms. The highest BCUT2D eigenvalue weighted by Gasteiger charge is 2.12. The number of benzene rings is 1. The maximum atomic E-state index is 5.70. The van der Waals surface area contributed by atoms with Gasteiger partial charge in [-0.05, 0) is 30.5 Å². The second kappa shape index (κ2) is 7.57. The number of hydrogen-bond donors (Lipinski definition) is 2. The van der Waals surface area contributed by atoms with Crippen molar-refractivity contribution in [3.8, 4) is 0 Å². The predicted molar refractivity (Wildman–Crippen MR) is 85.2 cm³/mol. The third-order valence-electron chi connectivity index (χ3n) is 3.30. The van der Waals surface area contributed by atoms with Crippen LogP contribution in [0.5, 0.6) is 0 Å². The van der Waals surface area contributed by atoms with E-state index in [0.717, 1.165) is 36.1 Å². The lowest BCUT2D eigenvalue weighted by molar-refractivity contribution is 0.495. The summed E-state index contributed by atoms with van der Waals surface area (Å²) in [5.74, 6) is 6.79. The number of aromatic nitrogens is 2. The minimum Gasteiger partial charge on any atom is -0.335 e. The Kier molecular flexibility index (Phi) is 5.76. The van der Waals surface area contributed by atoms with Crippen molar-refractivity contribution in [3.05, 3.63) is 52.5 Å². The van der Waals surface area contributed by atoms with Crippen LogP contribution in [0.15, 0.2) is 41.1 Å². The Morgan fingerprint density at radius 2 is 2.25 bits per heavy atom. The molecule has 4 nitrogen and oxygen atoms in total. The molecular formula is C15H21BrN4. The summed E-state index contributed by atoms with van der Waals surface area (Å²) in [4.78, 5) is 4.44. The van der Waals surface area contributed by atoms with E-state index >= 15 is 0 Å². The van der Waals surface area contributed by atoms with Crippen LogP contribution in [0.4, 0.5) is 0 Å². The van der Waals surface area contributed by atoms with E-state index in [4.69, 9.17) is 5.84 Å². The third-order valence-corrected chi connectivity index (χ3v) is 3.80. The highest BCUT2D eigenvalue weighted by Crippen LogP contribution is 2.14. The molecule has 2 rings (SSSR count). The summed E-state index contributed by atoms with van der Waals surface area (Å²) in [7, 11) is 0. The molecule has 0 saturated carbocycles. The van der Waals surface area contributed by atoms with Crippen molar-refractivity contribution in [1.29, 1.82) is 0 Å². The maximum absolute atomic E-state index is 5.70. The van der Waals surface area contributed by atoms with Gasteiger partial charge in [0, 0.05) is 35.9 Å². The van der Waals surface area contributed by atoms with Gasteiger partial charge in [0.05, 0.1) is 0 Å². The van der Waals surface area contributed by atoms with Crippen molar-refractivity contribution < 1.29 is 0 Å². The Balaban J connectivity index is 2.03. The maximum Gasteiger partial charge on any atom is 0.110 e. The first-order valence-corrected chi connectivity index (χ1v) is 7.72. The molecule has 0 radical (unpaired) electrons. The van der Waals surface area contributed by atoms with Crippen LogP contribution in [-0.2, 0) is 19.4 Å². The molecule has 1 heterocycles. The van der Waals surface area contributed by atoms with Crippen LogP contribution < -0.4 is 11.3 Å². The lowest BCUT2D eigenvalue weighted by Crippen LogP contribution is -2.39. The average molecular weight is 337 g/mol.